The van der Waals surface area contributed by atoms with Gasteiger partial charge in [-0.25, -0.2) is 4.39 Å². The van der Waals surface area contributed by atoms with Crippen LogP contribution in [0.4, 0.5) is 4.39 Å². The Labute approximate surface area is 307 Å². The summed E-state index contributed by atoms with van der Waals surface area (Å²) in [5.74, 6) is -2.77. The van der Waals surface area contributed by atoms with Crippen LogP contribution in [0.2, 0.25) is 0 Å². The van der Waals surface area contributed by atoms with Crippen LogP contribution in [0.3, 0.4) is 0 Å². The lowest BCUT2D eigenvalue weighted by Crippen LogP contribution is -2.50. The van der Waals surface area contributed by atoms with Gasteiger partial charge < -0.3 is 23.5 Å². The van der Waals surface area contributed by atoms with E-state index >= 15 is 0 Å². The van der Waals surface area contributed by atoms with E-state index in [-0.39, 0.29) is 18.7 Å². The molecule has 4 aromatic rings. The van der Waals surface area contributed by atoms with Crippen LogP contribution in [0, 0.1) is 22.1 Å². The maximum atomic E-state index is 15.0. The number of esters is 4. The average molecular weight is 730 g/mol. The molecule has 0 aliphatic carbocycles. The van der Waals surface area contributed by atoms with Gasteiger partial charge in [0.1, 0.15) is 5.82 Å². The highest BCUT2D eigenvalue weighted by Gasteiger charge is 2.51. The summed E-state index contributed by atoms with van der Waals surface area (Å²) in [6.45, 7) is 9.85. The van der Waals surface area contributed by atoms with E-state index in [0.29, 0.717) is 42.1 Å². The Hall–Kier alpha value is -5.43. The number of ether oxygens (including phenoxy) is 4. The van der Waals surface area contributed by atoms with Crippen LogP contribution in [-0.2, 0) is 44.7 Å². The van der Waals surface area contributed by atoms with Gasteiger partial charge in [0.2, 0.25) is 19.4 Å². The third-order valence-corrected chi connectivity index (χ3v) is 8.82. The smallest absolute Gasteiger partial charge is 0.326 e. The Kier molecular flexibility index (Phi) is 11.8. The van der Waals surface area contributed by atoms with Gasteiger partial charge in [-0.1, -0.05) is 65.8 Å². The zero-order valence-electron chi connectivity index (χ0n) is 30.8. The fourth-order valence-corrected chi connectivity index (χ4v) is 5.54. The SMILES string of the molecule is CC(C)(C)C(=O)OCOC(=O)C1(C(=O)OCOC(=O)C(C)(C)C)CCN(Cc2ccc(-c3noc(-c4ccc(-c5ccccc5)c(F)c4)n3)cc2)CC1. The maximum absolute atomic E-state index is 15.0. The molecule has 53 heavy (non-hydrogen) atoms. The van der Waals surface area contributed by atoms with Crippen LogP contribution in [0.5, 0.6) is 0 Å². The fourth-order valence-electron chi connectivity index (χ4n) is 5.54. The van der Waals surface area contributed by atoms with Gasteiger partial charge in [0.05, 0.1) is 10.8 Å². The Morgan fingerprint density at radius 2 is 1.28 bits per heavy atom. The van der Waals surface area contributed by atoms with Crippen LogP contribution < -0.4 is 0 Å². The number of benzene rings is 3. The molecule has 12 nitrogen and oxygen atoms in total. The lowest BCUT2D eigenvalue weighted by molar-refractivity contribution is -0.193. The fraction of sp³-hybridized carbons (Fsp3) is 0.400. The molecule has 0 unspecified atom stereocenters. The zero-order chi connectivity index (χ0) is 38.4. The van der Waals surface area contributed by atoms with Crippen molar-refractivity contribution in [2.75, 3.05) is 26.7 Å². The minimum absolute atomic E-state index is 0.0573. The van der Waals surface area contributed by atoms with E-state index < -0.39 is 59.5 Å². The highest BCUT2D eigenvalue weighted by Crippen LogP contribution is 2.36. The van der Waals surface area contributed by atoms with Gasteiger partial charge in [-0.15, -0.1) is 0 Å². The molecule has 0 N–H and O–H groups in total. The van der Waals surface area contributed by atoms with Gasteiger partial charge in [0, 0.05) is 36.3 Å². The van der Waals surface area contributed by atoms with Crippen LogP contribution in [0.25, 0.3) is 34.0 Å². The van der Waals surface area contributed by atoms with Crippen molar-refractivity contribution in [2.45, 2.75) is 60.9 Å². The van der Waals surface area contributed by atoms with Crippen LogP contribution in [0.1, 0.15) is 59.9 Å². The second-order valence-corrected chi connectivity index (χ2v) is 15.0. The molecule has 0 spiro atoms. The molecule has 1 aliphatic heterocycles. The van der Waals surface area contributed by atoms with E-state index in [9.17, 15) is 23.6 Å². The van der Waals surface area contributed by atoms with Crippen LogP contribution in [-0.4, -0.2) is 65.6 Å². The molecule has 0 bridgehead atoms. The molecule has 0 amide bonds. The minimum atomic E-state index is -1.69. The molecule has 0 saturated carbocycles. The molecule has 1 fully saturated rings. The molecule has 280 valence electrons. The van der Waals surface area contributed by atoms with Crippen LogP contribution in [0.15, 0.2) is 77.3 Å². The number of hydrogen-bond acceptors (Lipinski definition) is 12. The third-order valence-electron chi connectivity index (χ3n) is 8.82. The summed E-state index contributed by atoms with van der Waals surface area (Å²) in [6.07, 6.45) is 0.115. The summed E-state index contributed by atoms with van der Waals surface area (Å²) in [6, 6.07) is 21.6. The average Bonchev–Trinajstić information content (AvgIpc) is 3.62. The summed E-state index contributed by atoms with van der Waals surface area (Å²) in [5.41, 5.74) is 0.0468. The maximum Gasteiger partial charge on any atom is 0.326 e. The Morgan fingerprint density at radius 1 is 0.736 bits per heavy atom. The zero-order valence-corrected chi connectivity index (χ0v) is 30.8. The third kappa shape index (κ3) is 9.52. The summed E-state index contributed by atoms with van der Waals surface area (Å²) in [7, 11) is 0. The van der Waals surface area contributed by atoms with E-state index in [1.54, 1.807) is 53.7 Å². The van der Waals surface area contributed by atoms with Gasteiger partial charge >= 0.3 is 23.9 Å². The highest BCUT2D eigenvalue weighted by molar-refractivity contribution is 6.00. The van der Waals surface area contributed by atoms with Crippen molar-refractivity contribution in [1.29, 1.82) is 0 Å². The number of hydrogen-bond donors (Lipinski definition) is 0. The normalized spacial score (nSPS) is 14.6. The standard InChI is InChI=1S/C40H44FN3O9/c1-38(2,3)34(45)49-24-51-36(47)40(37(48)52-25-50-35(46)39(4,5)6)18-20-44(21-19-40)23-26-12-14-28(15-13-26)32-42-33(53-43-32)29-16-17-30(31(41)22-29)27-10-8-7-9-11-27/h7-17,22H,18-21,23-25H2,1-6H3. The van der Waals surface area contributed by atoms with Gasteiger partial charge in [0.25, 0.3) is 5.89 Å². The number of carbonyl (C=O) groups is 4. The number of aromatic nitrogens is 2. The van der Waals surface area contributed by atoms with Gasteiger partial charge in [-0.05, 0) is 77.6 Å². The quantitative estimate of drug-likeness (QED) is 0.0892. The van der Waals surface area contributed by atoms with Crippen molar-refractivity contribution < 1.29 is 47.0 Å². The molecule has 5 rings (SSSR count). The molecule has 1 aliphatic rings. The van der Waals surface area contributed by atoms with Gasteiger partial charge in [-0.3, -0.25) is 24.1 Å². The lowest BCUT2D eigenvalue weighted by Gasteiger charge is -2.38. The number of rotatable bonds is 11. The molecule has 1 aromatic heterocycles. The summed E-state index contributed by atoms with van der Waals surface area (Å²) >= 11 is 0. The topological polar surface area (TPSA) is 147 Å². The van der Waals surface area contributed by atoms with E-state index in [4.69, 9.17) is 23.5 Å². The van der Waals surface area contributed by atoms with Gasteiger partial charge in [-0.2, -0.15) is 4.98 Å². The monoisotopic (exact) mass is 729 g/mol. The van der Waals surface area contributed by atoms with E-state index in [2.05, 4.69) is 15.0 Å². The first-order valence-corrected chi connectivity index (χ1v) is 17.3. The number of nitrogens with zero attached hydrogens (tertiary/aromatic N) is 3. The largest absolute Gasteiger partial charge is 0.427 e. The molecule has 3 aromatic carbocycles. The number of piperidine rings is 1. The first kappa shape index (κ1) is 38.8. The molecular formula is C40H44FN3O9. The number of likely N-dealkylation sites (tertiary alicyclic amines) is 1. The molecule has 0 radical (unpaired) electrons. The molecular weight excluding hydrogens is 685 g/mol. The van der Waals surface area contributed by atoms with Crippen molar-refractivity contribution in [3.8, 4) is 34.0 Å². The van der Waals surface area contributed by atoms with Crippen molar-refractivity contribution in [3.05, 3.63) is 84.2 Å². The van der Waals surface area contributed by atoms with Gasteiger partial charge in [0.15, 0.2) is 5.41 Å². The van der Waals surface area contributed by atoms with Crippen LogP contribution >= 0.6 is 0 Å². The lowest BCUT2D eigenvalue weighted by atomic mass is 9.78. The Bertz CT molecular complexity index is 1880. The highest BCUT2D eigenvalue weighted by atomic mass is 19.1. The van der Waals surface area contributed by atoms with E-state index in [0.717, 1.165) is 11.1 Å². The van der Waals surface area contributed by atoms with Crippen molar-refractivity contribution in [2.24, 2.45) is 16.2 Å². The molecule has 2 heterocycles. The Balaban J connectivity index is 1.20. The summed E-state index contributed by atoms with van der Waals surface area (Å²) < 4.78 is 41.1. The van der Waals surface area contributed by atoms with E-state index in [1.807, 2.05) is 54.6 Å². The molecule has 13 heteroatoms. The second-order valence-electron chi connectivity index (χ2n) is 15.0. The van der Waals surface area contributed by atoms with Crippen molar-refractivity contribution in [3.63, 3.8) is 0 Å². The predicted octanol–water partition coefficient (Wildman–Crippen LogP) is 6.97. The first-order valence-electron chi connectivity index (χ1n) is 17.3. The van der Waals surface area contributed by atoms with Crippen molar-refractivity contribution in [1.82, 2.24) is 15.0 Å². The second kappa shape index (κ2) is 16.1. The number of carbonyl (C=O) groups excluding carboxylic acids is 4. The Morgan fingerprint density at radius 3 is 1.81 bits per heavy atom. The molecule has 0 atom stereocenters. The predicted molar refractivity (Wildman–Crippen MR) is 191 cm³/mol. The first-order chi connectivity index (χ1) is 25.1. The summed E-state index contributed by atoms with van der Waals surface area (Å²) in [5, 5.41) is 4.09. The minimum Gasteiger partial charge on any atom is -0.427 e. The summed E-state index contributed by atoms with van der Waals surface area (Å²) in [4.78, 5) is 57.7. The molecule has 1 saturated heterocycles. The number of halogens is 1. The van der Waals surface area contributed by atoms with E-state index in [1.165, 1.54) is 6.07 Å². The van der Waals surface area contributed by atoms with Crippen molar-refractivity contribution >= 4 is 23.9 Å².